The monoisotopic (exact) mass is 1020 g/mol. The highest BCUT2D eigenvalue weighted by Gasteiger charge is 2.50. The molecule has 0 radical (unpaired) electrons. The van der Waals surface area contributed by atoms with Crippen molar-refractivity contribution in [3.8, 4) is 0 Å². The van der Waals surface area contributed by atoms with Gasteiger partial charge in [-0.2, -0.15) is 4.31 Å². The van der Waals surface area contributed by atoms with Crippen LogP contribution in [0.25, 0.3) is 11.2 Å². The molecular weight excluding hydrogens is 959 g/mol. The van der Waals surface area contributed by atoms with Gasteiger partial charge in [-0.25, -0.2) is 28.6 Å². The van der Waals surface area contributed by atoms with E-state index in [-0.39, 0.29) is 48.0 Å². The largest absolute Gasteiger partial charge is 0.481 e. The highest BCUT2D eigenvalue weighted by atomic mass is 32.2. The average Bonchev–Trinajstić information content (AvgIpc) is 3.79. The van der Waals surface area contributed by atoms with Gasteiger partial charge in [-0.3, -0.25) is 37.3 Å². The molecule has 7 unspecified atom stereocenters. The minimum absolute atomic E-state index is 0.0240. The molecule has 26 nitrogen and oxygen atoms in total. The van der Waals surface area contributed by atoms with Crippen LogP contribution in [0.4, 0.5) is 5.82 Å². The van der Waals surface area contributed by atoms with Crippen molar-refractivity contribution in [1.29, 1.82) is 0 Å². The lowest BCUT2D eigenvalue weighted by molar-refractivity contribution is -0.137. The van der Waals surface area contributed by atoms with Crippen molar-refractivity contribution in [3.05, 3.63) is 49.1 Å². The fraction of sp³-hybridized carbons (Fsp3) is 0.583. The van der Waals surface area contributed by atoms with Gasteiger partial charge in [0.2, 0.25) is 11.8 Å². The number of nitrogens with zero attached hydrogens (tertiary/aromatic N) is 4. The van der Waals surface area contributed by atoms with Crippen LogP contribution in [-0.2, 0) is 55.5 Å². The number of nitrogens with two attached hydrogens (primary N) is 1. The molecule has 1 aliphatic heterocycles. The SMILES string of the molecule is CC(C)(COP(=O)(O)OP(=O)(O)OCC1OC(n2cnc3c(N)ncnc32)C(O)C1OP(=O)(O)O)C(O)C(=O)NCCC(=O)NCCSC(=O)CC/C=C/C=C/C=C/CCCCCC(=O)O. The predicted molar refractivity (Wildman–Crippen MR) is 234 cm³/mol. The number of hydrogen-bond donors (Lipinski definition) is 10. The van der Waals surface area contributed by atoms with Gasteiger partial charge < -0.3 is 56.0 Å². The standard InChI is InChI=1S/C36H56N7O19P3S/c1-36(2,31(49)34(50)39-17-16-25(44)38-18-19-66-27(47)15-13-11-9-7-5-3-4-6-8-10-12-14-26(45)46)21-59-65(56,57)62-64(54,55)58-20-24-30(61-63(51,52)53)29(48)35(60-24)43-23-42-28-32(37)40-22-41-33(28)43/h3-5,7,9,11,22-24,29-31,35,48-49H,6,8,10,12-21H2,1-2H3,(H,38,44)(H,39,50)(H,45,46)(H,54,55)(H,56,57)(H2,37,40,41)(H2,51,52,53)/b4-3+,7-5+,11-9+. The van der Waals surface area contributed by atoms with E-state index < -0.39 is 90.5 Å². The summed E-state index contributed by atoms with van der Waals surface area (Å²) in [6.45, 7) is 0.407. The number of amides is 2. The third-order valence-corrected chi connectivity index (χ3v) is 13.2. The minimum atomic E-state index is -5.59. The zero-order valence-corrected chi connectivity index (χ0v) is 39.3. The van der Waals surface area contributed by atoms with Gasteiger partial charge in [0.15, 0.2) is 22.8 Å². The number of fused-ring (bicyclic) bond motifs is 1. The number of rotatable bonds is 30. The Labute approximate surface area is 382 Å². The highest BCUT2D eigenvalue weighted by molar-refractivity contribution is 8.13. The van der Waals surface area contributed by atoms with Gasteiger partial charge in [-0.15, -0.1) is 0 Å². The van der Waals surface area contributed by atoms with Gasteiger partial charge in [0.05, 0.1) is 19.5 Å². The van der Waals surface area contributed by atoms with Crippen molar-refractivity contribution in [2.24, 2.45) is 5.41 Å². The molecule has 7 atom stereocenters. The summed E-state index contributed by atoms with van der Waals surface area (Å²) < 4.78 is 62.3. The second kappa shape index (κ2) is 26.7. The Balaban J connectivity index is 1.35. The number of aromatic nitrogens is 4. The number of carbonyl (C=O) groups is 4. The number of aliphatic carboxylic acids is 1. The molecule has 2 aromatic rings. The van der Waals surface area contributed by atoms with Crippen LogP contribution < -0.4 is 16.4 Å². The number of carboxylic acid groups (broad SMARTS) is 1. The lowest BCUT2D eigenvalue weighted by Gasteiger charge is -2.30. The fourth-order valence-electron chi connectivity index (χ4n) is 5.76. The summed E-state index contributed by atoms with van der Waals surface area (Å²) in [6, 6.07) is 0. The maximum atomic E-state index is 12.7. The molecule has 0 bridgehead atoms. The molecule has 1 saturated heterocycles. The second-order valence-corrected chi connectivity index (χ2v) is 20.5. The van der Waals surface area contributed by atoms with E-state index in [2.05, 4.69) is 34.4 Å². The van der Waals surface area contributed by atoms with E-state index in [1.54, 1.807) is 0 Å². The number of aliphatic hydroxyl groups is 2. The molecule has 2 amide bonds. The Hall–Kier alpha value is -3.75. The number of hydrogen-bond acceptors (Lipinski definition) is 19. The van der Waals surface area contributed by atoms with Crippen molar-refractivity contribution in [2.45, 2.75) is 95.9 Å². The van der Waals surface area contributed by atoms with Crippen molar-refractivity contribution in [2.75, 3.05) is 37.8 Å². The molecule has 3 rings (SSSR count). The summed E-state index contributed by atoms with van der Waals surface area (Å²) in [6.07, 6.45) is 8.63. The topological polar surface area (TPSA) is 401 Å². The Morgan fingerprint density at radius 3 is 2.29 bits per heavy atom. The normalized spacial score (nSPS) is 20.5. The van der Waals surface area contributed by atoms with Crippen molar-refractivity contribution in [1.82, 2.24) is 30.2 Å². The van der Waals surface area contributed by atoms with Crippen LogP contribution in [0.2, 0.25) is 0 Å². The first kappa shape index (κ1) is 56.6. The predicted octanol–water partition coefficient (Wildman–Crippen LogP) is 2.15. The molecule has 1 aliphatic rings. The van der Waals surface area contributed by atoms with Crippen molar-refractivity contribution >= 4 is 75.1 Å². The zero-order chi connectivity index (χ0) is 49.1. The molecule has 11 N–H and O–H groups in total. The number of imidazole rings is 1. The van der Waals surface area contributed by atoms with Crippen molar-refractivity contribution < 1.29 is 90.4 Å². The molecule has 1 fully saturated rings. The number of aliphatic hydroxyl groups excluding tert-OH is 2. The summed E-state index contributed by atoms with van der Waals surface area (Å²) >= 11 is 1.06. The summed E-state index contributed by atoms with van der Waals surface area (Å²) in [5.74, 6) is -1.96. The third-order valence-electron chi connectivity index (χ3n) is 9.15. The van der Waals surface area contributed by atoms with E-state index in [1.165, 1.54) is 13.8 Å². The number of ether oxygens (including phenoxy) is 1. The van der Waals surface area contributed by atoms with E-state index in [9.17, 15) is 62.7 Å². The minimum Gasteiger partial charge on any atom is -0.481 e. The Morgan fingerprint density at radius 2 is 1.61 bits per heavy atom. The van der Waals surface area contributed by atoms with E-state index in [1.807, 2.05) is 36.5 Å². The fourth-order valence-corrected chi connectivity index (χ4v) is 9.28. The first-order valence-electron chi connectivity index (χ1n) is 20.2. The van der Waals surface area contributed by atoms with Crippen LogP contribution in [0.1, 0.15) is 71.4 Å². The van der Waals surface area contributed by atoms with Crippen LogP contribution in [0.15, 0.2) is 49.1 Å². The summed E-state index contributed by atoms with van der Waals surface area (Å²) in [5.41, 5.74) is 4.24. The van der Waals surface area contributed by atoms with Gasteiger partial charge in [0.1, 0.15) is 36.3 Å². The van der Waals surface area contributed by atoms with Crippen LogP contribution >= 0.6 is 35.2 Å². The highest BCUT2D eigenvalue weighted by Crippen LogP contribution is 2.61. The molecule has 0 spiro atoms. The molecule has 3 heterocycles. The zero-order valence-electron chi connectivity index (χ0n) is 35.8. The van der Waals surface area contributed by atoms with Crippen LogP contribution in [0.3, 0.4) is 0 Å². The van der Waals surface area contributed by atoms with Gasteiger partial charge in [-0.05, 0) is 25.7 Å². The number of phosphoric acid groups is 3. The number of carbonyl (C=O) groups excluding carboxylic acids is 3. The van der Waals surface area contributed by atoms with Crippen LogP contribution in [-0.4, -0.2) is 134 Å². The van der Waals surface area contributed by atoms with Gasteiger partial charge in [0, 0.05) is 43.5 Å². The smallest absolute Gasteiger partial charge is 0.481 e. The molecule has 66 heavy (non-hydrogen) atoms. The third kappa shape index (κ3) is 20.2. The van der Waals surface area contributed by atoms with Gasteiger partial charge >= 0.3 is 29.4 Å². The van der Waals surface area contributed by atoms with Gasteiger partial charge in [-0.1, -0.05) is 68.5 Å². The van der Waals surface area contributed by atoms with Crippen LogP contribution in [0.5, 0.6) is 0 Å². The van der Waals surface area contributed by atoms with E-state index >= 15 is 0 Å². The number of phosphoric ester groups is 3. The number of nitrogens with one attached hydrogen (secondary N) is 2. The first-order chi connectivity index (χ1) is 30.9. The molecule has 370 valence electrons. The Bertz CT molecular complexity index is 2190. The summed E-state index contributed by atoms with van der Waals surface area (Å²) in [7, 11) is -16.4. The Kier molecular flexibility index (Phi) is 22.9. The summed E-state index contributed by atoms with van der Waals surface area (Å²) in [4.78, 5) is 98.6. The second-order valence-electron chi connectivity index (χ2n) is 15.1. The maximum Gasteiger partial charge on any atom is 0.481 e. The molecule has 0 saturated carbocycles. The molecule has 30 heteroatoms. The number of anilines is 1. The number of thioether (sulfide) groups is 1. The number of carboxylic acids is 1. The Morgan fingerprint density at radius 1 is 0.924 bits per heavy atom. The summed E-state index contributed by atoms with van der Waals surface area (Å²) in [5, 5.41) is 35.0. The maximum absolute atomic E-state index is 12.7. The number of nitrogen functional groups attached to an aromatic ring is 1. The van der Waals surface area contributed by atoms with E-state index in [4.69, 9.17) is 24.6 Å². The van der Waals surface area contributed by atoms with Crippen LogP contribution in [0, 0.1) is 5.41 Å². The average molecular weight is 1020 g/mol. The molecule has 0 aliphatic carbocycles. The molecular formula is C36H56N7O19P3S. The van der Waals surface area contributed by atoms with E-state index in [0.29, 0.717) is 25.0 Å². The van der Waals surface area contributed by atoms with E-state index in [0.717, 1.165) is 48.2 Å². The first-order valence-corrected chi connectivity index (χ1v) is 25.7. The number of allylic oxidation sites excluding steroid dienone is 6. The lowest BCUT2D eigenvalue weighted by atomic mass is 9.87. The molecule has 0 aromatic carbocycles. The van der Waals surface area contributed by atoms with Crippen molar-refractivity contribution in [3.63, 3.8) is 0 Å². The number of unbranched alkanes of at least 4 members (excludes halogenated alkanes) is 3. The lowest BCUT2D eigenvalue weighted by Crippen LogP contribution is -2.46. The quantitative estimate of drug-likeness (QED) is 0.0304. The van der Waals surface area contributed by atoms with Gasteiger partial charge in [0.25, 0.3) is 0 Å². The molecule has 2 aromatic heterocycles.